The van der Waals surface area contributed by atoms with E-state index in [-0.39, 0.29) is 31.0 Å². The summed E-state index contributed by atoms with van der Waals surface area (Å²) in [5, 5.41) is 1.12. The molecule has 2 amide bonds. The Kier molecular flexibility index (Phi) is 5.26. The molecule has 0 aromatic heterocycles. The predicted molar refractivity (Wildman–Crippen MR) is 89.9 cm³/mol. The first-order chi connectivity index (χ1) is 12.5. The Balaban J connectivity index is 1.54. The van der Waals surface area contributed by atoms with E-state index in [1.54, 1.807) is 42.5 Å². The number of hydrazine groups is 1. The Morgan fingerprint density at radius 2 is 1.81 bits per heavy atom. The van der Waals surface area contributed by atoms with Gasteiger partial charge in [0.25, 0.3) is 5.91 Å². The summed E-state index contributed by atoms with van der Waals surface area (Å²) in [5.74, 6) is -2.57. The summed E-state index contributed by atoms with van der Waals surface area (Å²) >= 11 is 0. The molecule has 134 valence electrons. The van der Waals surface area contributed by atoms with E-state index in [4.69, 9.17) is 4.74 Å². The van der Waals surface area contributed by atoms with Crippen molar-refractivity contribution in [3.63, 3.8) is 0 Å². The van der Waals surface area contributed by atoms with Crippen LogP contribution in [0, 0.1) is 11.7 Å². The SMILES string of the molecule is O=C(NN1C[C@@H](C(=O)OCc2ccccc2F)CC1=O)c1ccccc1. The van der Waals surface area contributed by atoms with Crippen molar-refractivity contribution >= 4 is 17.8 Å². The predicted octanol–water partition coefficient (Wildman–Crippen LogP) is 2.06. The Labute approximate surface area is 149 Å². The van der Waals surface area contributed by atoms with Crippen LogP contribution in [0.5, 0.6) is 0 Å². The number of esters is 1. The maximum atomic E-state index is 13.5. The third kappa shape index (κ3) is 4.05. The first-order valence-corrected chi connectivity index (χ1v) is 8.11. The van der Waals surface area contributed by atoms with E-state index in [0.29, 0.717) is 5.56 Å². The molecule has 2 aromatic rings. The van der Waals surface area contributed by atoms with Crippen LogP contribution >= 0.6 is 0 Å². The van der Waals surface area contributed by atoms with E-state index in [0.717, 1.165) is 5.01 Å². The third-order valence-corrected chi connectivity index (χ3v) is 4.06. The summed E-state index contributed by atoms with van der Waals surface area (Å²) < 4.78 is 18.7. The number of carbonyl (C=O) groups excluding carboxylic acids is 3. The molecule has 26 heavy (non-hydrogen) atoms. The zero-order chi connectivity index (χ0) is 18.5. The van der Waals surface area contributed by atoms with Gasteiger partial charge in [-0.05, 0) is 18.2 Å². The number of carbonyl (C=O) groups is 3. The number of amides is 2. The topological polar surface area (TPSA) is 75.7 Å². The lowest BCUT2D eigenvalue weighted by Gasteiger charge is -2.17. The fourth-order valence-corrected chi connectivity index (χ4v) is 2.63. The molecule has 0 aliphatic carbocycles. The first kappa shape index (κ1) is 17.6. The largest absolute Gasteiger partial charge is 0.460 e. The molecule has 0 bridgehead atoms. The number of hydrogen-bond acceptors (Lipinski definition) is 4. The van der Waals surface area contributed by atoms with E-state index < -0.39 is 23.6 Å². The van der Waals surface area contributed by atoms with Gasteiger partial charge < -0.3 is 4.74 Å². The van der Waals surface area contributed by atoms with Crippen molar-refractivity contribution in [3.8, 4) is 0 Å². The van der Waals surface area contributed by atoms with Gasteiger partial charge in [0.2, 0.25) is 5.91 Å². The van der Waals surface area contributed by atoms with Crippen LogP contribution in [-0.4, -0.2) is 29.3 Å². The number of rotatable bonds is 5. The minimum absolute atomic E-state index is 0.0213. The molecule has 3 rings (SSSR count). The number of benzene rings is 2. The third-order valence-electron chi connectivity index (χ3n) is 4.06. The van der Waals surface area contributed by atoms with Gasteiger partial charge in [-0.15, -0.1) is 0 Å². The zero-order valence-corrected chi connectivity index (χ0v) is 13.9. The van der Waals surface area contributed by atoms with Gasteiger partial charge >= 0.3 is 5.97 Å². The Hall–Kier alpha value is -3.22. The van der Waals surface area contributed by atoms with Crippen molar-refractivity contribution in [2.75, 3.05) is 6.54 Å². The highest BCUT2D eigenvalue weighted by Crippen LogP contribution is 2.19. The van der Waals surface area contributed by atoms with Crippen molar-refractivity contribution < 1.29 is 23.5 Å². The summed E-state index contributed by atoms with van der Waals surface area (Å²) in [5.41, 5.74) is 3.16. The fourth-order valence-electron chi connectivity index (χ4n) is 2.63. The quantitative estimate of drug-likeness (QED) is 0.832. The van der Waals surface area contributed by atoms with Gasteiger partial charge in [0.05, 0.1) is 12.5 Å². The summed E-state index contributed by atoms with van der Waals surface area (Å²) in [7, 11) is 0. The number of nitrogens with one attached hydrogen (secondary N) is 1. The normalized spacial score (nSPS) is 16.4. The molecule has 7 heteroatoms. The van der Waals surface area contributed by atoms with Crippen LogP contribution < -0.4 is 5.43 Å². The Morgan fingerprint density at radius 1 is 1.12 bits per heavy atom. The number of nitrogens with zero attached hydrogens (tertiary/aromatic N) is 1. The summed E-state index contributed by atoms with van der Waals surface area (Å²) in [6.07, 6.45) is -0.0643. The first-order valence-electron chi connectivity index (χ1n) is 8.11. The highest BCUT2D eigenvalue weighted by Gasteiger charge is 2.36. The number of halogens is 1. The molecule has 0 unspecified atom stereocenters. The molecule has 1 fully saturated rings. The number of hydrogen-bond donors (Lipinski definition) is 1. The second-order valence-electron chi connectivity index (χ2n) is 5.91. The Bertz CT molecular complexity index is 825. The average molecular weight is 356 g/mol. The van der Waals surface area contributed by atoms with Crippen LogP contribution in [0.2, 0.25) is 0 Å². The molecule has 1 aliphatic heterocycles. The molecule has 0 spiro atoms. The van der Waals surface area contributed by atoms with Gasteiger partial charge in [-0.25, -0.2) is 4.39 Å². The lowest BCUT2D eigenvalue weighted by molar-refractivity contribution is -0.149. The molecular weight excluding hydrogens is 339 g/mol. The van der Waals surface area contributed by atoms with Crippen molar-refractivity contribution in [2.45, 2.75) is 13.0 Å². The maximum absolute atomic E-state index is 13.5. The average Bonchev–Trinajstić information content (AvgIpc) is 3.02. The molecule has 0 saturated carbocycles. The van der Waals surface area contributed by atoms with Gasteiger partial charge in [-0.3, -0.25) is 24.8 Å². The molecular formula is C19H17FN2O4. The van der Waals surface area contributed by atoms with Crippen LogP contribution in [-0.2, 0) is 20.9 Å². The van der Waals surface area contributed by atoms with E-state index in [9.17, 15) is 18.8 Å². The van der Waals surface area contributed by atoms with Crippen LogP contribution in [0.1, 0.15) is 22.3 Å². The van der Waals surface area contributed by atoms with Gasteiger partial charge in [0.1, 0.15) is 12.4 Å². The molecule has 2 aromatic carbocycles. The molecule has 1 heterocycles. The van der Waals surface area contributed by atoms with E-state index in [1.165, 1.54) is 12.1 Å². The molecule has 1 aliphatic rings. The highest BCUT2D eigenvalue weighted by molar-refractivity contribution is 5.96. The standard InChI is InChI=1S/C19H17FN2O4/c20-16-9-5-4-8-14(16)12-26-19(25)15-10-17(23)22(11-15)21-18(24)13-6-2-1-3-7-13/h1-9,15H,10-12H2,(H,21,24)/t15-/m0/s1. The molecule has 6 nitrogen and oxygen atoms in total. The van der Waals surface area contributed by atoms with Crippen LogP contribution in [0.15, 0.2) is 54.6 Å². The summed E-state index contributed by atoms with van der Waals surface area (Å²) in [6.45, 7) is -0.180. The monoisotopic (exact) mass is 356 g/mol. The van der Waals surface area contributed by atoms with Gasteiger partial charge in [0, 0.05) is 17.5 Å². The van der Waals surface area contributed by atoms with E-state index >= 15 is 0 Å². The van der Waals surface area contributed by atoms with Crippen molar-refractivity contribution in [1.29, 1.82) is 0 Å². The Morgan fingerprint density at radius 3 is 2.54 bits per heavy atom. The minimum Gasteiger partial charge on any atom is -0.460 e. The minimum atomic E-state index is -0.703. The lowest BCUT2D eigenvalue weighted by Crippen LogP contribution is -2.43. The van der Waals surface area contributed by atoms with Crippen LogP contribution in [0.3, 0.4) is 0 Å². The molecule has 1 saturated heterocycles. The molecule has 1 N–H and O–H groups in total. The molecule has 0 radical (unpaired) electrons. The van der Waals surface area contributed by atoms with Crippen molar-refractivity contribution in [3.05, 3.63) is 71.5 Å². The number of ether oxygens (including phenoxy) is 1. The van der Waals surface area contributed by atoms with Crippen molar-refractivity contribution in [2.24, 2.45) is 5.92 Å². The van der Waals surface area contributed by atoms with Gasteiger partial charge in [-0.2, -0.15) is 0 Å². The second-order valence-corrected chi connectivity index (χ2v) is 5.91. The van der Waals surface area contributed by atoms with E-state index in [1.807, 2.05) is 0 Å². The van der Waals surface area contributed by atoms with Gasteiger partial charge in [0.15, 0.2) is 0 Å². The summed E-state index contributed by atoms with van der Waals surface area (Å²) in [4.78, 5) is 36.3. The van der Waals surface area contributed by atoms with E-state index in [2.05, 4.69) is 5.43 Å². The second kappa shape index (κ2) is 7.77. The molecule has 1 atom stereocenters. The van der Waals surface area contributed by atoms with Gasteiger partial charge in [-0.1, -0.05) is 36.4 Å². The highest BCUT2D eigenvalue weighted by atomic mass is 19.1. The zero-order valence-electron chi connectivity index (χ0n) is 13.9. The summed E-state index contributed by atoms with van der Waals surface area (Å²) in [6, 6.07) is 14.4. The fraction of sp³-hybridized carbons (Fsp3) is 0.211. The van der Waals surface area contributed by atoms with Crippen molar-refractivity contribution in [1.82, 2.24) is 10.4 Å². The lowest BCUT2D eigenvalue weighted by atomic mass is 10.1. The maximum Gasteiger partial charge on any atom is 0.311 e. The smallest absolute Gasteiger partial charge is 0.311 e. The van der Waals surface area contributed by atoms with Crippen LogP contribution in [0.25, 0.3) is 0 Å². The van der Waals surface area contributed by atoms with Crippen LogP contribution in [0.4, 0.5) is 4.39 Å².